The number of hydrogen-bond donors (Lipinski definition) is 2. The Hall–Kier alpha value is -2.00. The lowest BCUT2D eigenvalue weighted by atomic mass is 9.89. The monoisotopic (exact) mass is 482 g/mol. The predicted molar refractivity (Wildman–Crippen MR) is 138 cm³/mol. The molecular formula is C26H35ClN6O. The van der Waals surface area contributed by atoms with E-state index in [1.54, 1.807) is 0 Å². The summed E-state index contributed by atoms with van der Waals surface area (Å²) in [7, 11) is 2.18. The van der Waals surface area contributed by atoms with Gasteiger partial charge in [-0.2, -0.15) is 0 Å². The van der Waals surface area contributed by atoms with Crippen molar-refractivity contribution in [3.05, 3.63) is 59.5 Å². The van der Waals surface area contributed by atoms with Crippen LogP contribution < -0.4 is 5.32 Å². The molecule has 4 heterocycles. The average Bonchev–Trinajstić information content (AvgIpc) is 3.25. The lowest BCUT2D eigenvalue weighted by Gasteiger charge is -2.36. The summed E-state index contributed by atoms with van der Waals surface area (Å²) in [6, 6.07) is 10.1. The Morgan fingerprint density at radius 3 is 2.53 bits per heavy atom. The number of likely N-dealkylation sites (N-methyl/N-ethyl adjacent to an activating group) is 1. The van der Waals surface area contributed by atoms with Crippen molar-refractivity contribution in [2.24, 2.45) is 0 Å². The first kappa shape index (κ1) is 23.7. The highest BCUT2D eigenvalue weighted by Crippen LogP contribution is 2.35. The molecule has 2 aliphatic rings. The van der Waals surface area contributed by atoms with Crippen LogP contribution in [0.3, 0.4) is 0 Å². The molecule has 1 unspecified atom stereocenters. The van der Waals surface area contributed by atoms with Crippen molar-refractivity contribution in [2.75, 3.05) is 59.4 Å². The number of halogens is 1. The van der Waals surface area contributed by atoms with E-state index in [-0.39, 0.29) is 0 Å². The third kappa shape index (κ3) is 5.30. The maximum Gasteiger partial charge on any atom is 0.163 e. The standard InChI is InChI=1S/C26H35ClN6O/c1-30-14-16-31(17-15-30)13-10-29-26(34)32-11-7-20(8-12-32)24-19-33(22-4-2-21(27)3-5-22)25-18-28-9-6-23(24)25/h2-6,9,18-20,26,29,34H,7-8,10-17H2,1H3. The molecule has 1 atom stereocenters. The number of likely N-dealkylation sites (tertiary alicyclic amines) is 1. The van der Waals surface area contributed by atoms with Gasteiger partial charge in [-0.1, -0.05) is 11.6 Å². The Labute approximate surface area is 206 Å². The number of aliphatic hydroxyl groups is 1. The van der Waals surface area contributed by atoms with E-state index in [2.05, 4.69) is 48.9 Å². The van der Waals surface area contributed by atoms with Gasteiger partial charge in [0.15, 0.2) is 6.35 Å². The molecule has 5 rings (SSSR count). The Morgan fingerprint density at radius 2 is 1.79 bits per heavy atom. The first-order valence-electron chi connectivity index (χ1n) is 12.4. The lowest BCUT2D eigenvalue weighted by molar-refractivity contribution is -0.0360. The van der Waals surface area contributed by atoms with E-state index in [1.165, 1.54) is 10.9 Å². The molecule has 182 valence electrons. The van der Waals surface area contributed by atoms with E-state index in [0.29, 0.717) is 5.92 Å². The largest absolute Gasteiger partial charge is 0.365 e. The fourth-order valence-corrected chi connectivity index (χ4v) is 5.37. The topological polar surface area (TPSA) is 59.8 Å². The molecule has 2 aliphatic heterocycles. The molecule has 0 bridgehead atoms. The number of benzene rings is 1. The second-order valence-corrected chi connectivity index (χ2v) is 10.0. The molecule has 2 saturated heterocycles. The highest BCUT2D eigenvalue weighted by molar-refractivity contribution is 6.30. The van der Waals surface area contributed by atoms with Crippen molar-refractivity contribution in [1.82, 2.24) is 29.6 Å². The van der Waals surface area contributed by atoms with Gasteiger partial charge in [0.2, 0.25) is 0 Å². The summed E-state index contributed by atoms with van der Waals surface area (Å²) in [5.74, 6) is 0.465. The van der Waals surface area contributed by atoms with E-state index in [1.807, 2.05) is 36.7 Å². The van der Waals surface area contributed by atoms with Gasteiger partial charge in [-0.3, -0.25) is 20.1 Å². The van der Waals surface area contributed by atoms with Crippen molar-refractivity contribution >= 4 is 22.5 Å². The summed E-state index contributed by atoms with van der Waals surface area (Å²) in [6.07, 6.45) is 7.56. The maximum atomic E-state index is 10.7. The van der Waals surface area contributed by atoms with Crippen LogP contribution in [0.4, 0.5) is 0 Å². The molecule has 0 aliphatic carbocycles. The number of nitrogens with one attached hydrogen (secondary N) is 1. The number of hydrogen-bond acceptors (Lipinski definition) is 6. The molecule has 0 saturated carbocycles. The molecule has 2 N–H and O–H groups in total. The molecule has 1 aromatic carbocycles. The van der Waals surface area contributed by atoms with Gasteiger partial charge in [-0.15, -0.1) is 0 Å². The molecule has 2 aromatic heterocycles. The zero-order valence-electron chi connectivity index (χ0n) is 19.9. The molecule has 3 aromatic rings. The lowest BCUT2D eigenvalue weighted by Crippen LogP contribution is -2.52. The van der Waals surface area contributed by atoms with Crippen molar-refractivity contribution < 1.29 is 5.11 Å². The molecule has 0 spiro atoms. The summed E-state index contributed by atoms with van der Waals surface area (Å²) in [4.78, 5) is 11.4. The number of rotatable bonds is 7. The van der Waals surface area contributed by atoms with Crippen molar-refractivity contribution in [3.8, 4) is 5.69 Å². The highest BCUT2D eigenvalue weighted by Gasteiger charge is 2.27. The summed E-state index contributed by atoms with van der Waals surface area (Å²) in [5.41, 5.74) is 3.57. The van der Waals surface area contributed by atoms with Crippen LogP contribution in [0.5, 0.6) is 0 Å². The summed E-state index contributed by atoms with van der Waals surface area (Å²) in [5, 5.41) is 16.0. The predicted octanol–water partition coefficient (Wildman–Crippen LogP) is 2.97. The Balaban J connectivity index is 1.19. The molecule has 8 heteroatoms. The van der Waals surface area contributed by atoms with Gasteiger partial charge in [0.1, 0.15) is 0 Å². The van der Waals surface area contributed by atoms with E-state index in [0.717, 1.165) is 81.4 Å². The van der Waals surface area contributed by atoms with Crippen LogP contribution in [-0.2, 0) is 0 Å². The van der Waals surface area contributed by atoms with Crippen LogP contribution in [0.25, 0.3) is 16.6 Å². The van der Waals surface area contributed by atoms with Crippen LogP contribution in [0.15, 0.2) is 48.9 Å². The normalized spacial score (nSPS) is 20.2. The number of piperazine rings is 1. The number of piperidine rings is 1. The van der Waals surface area contributed by atoms with Crippen LogP contribution >= 0.6 is 11.6 Å². The Morgan fingerprint density at radius 1 is 1.06 bits per heavy atom. The Kier molecular flexibility index (Phi) is 7.49. The number of fused-ring (bicyclic) bond motifs is 1. The Bertz CT molecular complexity index is 1070. The number of aliphatic hydroxyl groups excluding tert-OH is 1. The van der Waals surface area contributed by atoms with Crippen LogP contribution in [0, 0.1) is 0 Å². The first-order valence-corrected chi connectivity index (χ1v) is 12.7. The van der Waals surface area contributed by atoms with E-state index >= 15 is 0 Å². The molecule has 7 nitrogen and oxygen atoms in total. The van der Waals surface area contributed by atoms with Crippen LogP contribution in [0.2, 0.25) is 5.02 Å². The van der Waals surface area contributed by atoms with Gasteiger partial charge < -0.3 is 14.6 Å². The number of aromatic nitrogens is 2. The minimum Gasteiger partial charge on any atom is -0.365 e. The van der Waals surface area contributed by atoms with Gasteiger partial charge in [0.25, 0.3) is 0 Å². The van der Waals surface area contributed by atoms with Gasteiger partial charge >= 0.3 is 0 Å². The zero-order valence-corrected chi connectivity index (χ0v) is 20.7. The molecule has 0 radical (unpaired) electrons. The second kappa shape index (κ2) is 10.7. The van der Waals surface area contributed by atoms with Crippen molar-refractivity contribution in [2.45, 2.75) is 25.1 Å². The minimum absolute atomic E-state index is 0.465. The maximum absolute atomic E-state index is 10.7. The minimum atomic E-state index is -0.576. The number of nitrogens with zero attached hydrogens (tertiary/aromatic N) is 5. The van der Waals surface area contributed by atoms with Crippen molar-refractivity contribution in [3.63, 3.8) is 0 Å². The average molecular weight is 483 g/mol. The fourth-order valence-electron chi connectivity index (χ4n) is 5.25. The molecule has 2 fully saturated rings. The molecule has 34 heavy (non-hydrogen) atoms. The third-order valence-electron chi connectivity index (χ3n) is 7.41. The zero-order chi connectivity index (χ0) is 23.5. The van der Waals surface area contributed by atoms with Gasteiger partial charge in [0.05, 0.1) is 11.7 Å². The van der Waals surface area contributed by atoms with Crippen LogP contribution in [0.1, 0.15) is 24.3 Å². The summed E-state index contributed by atoms with van der Waals surface area (Å²) < 4.78 is 2.22. The van der Waals surface area contributed by atoms with E-state index in [9.17, 15) is 5.11 Å². The fraction of sp³-hybridized carbons (Fsp3) is 0.500. The highest BCUT2D eigenvalue weighted by atomic mass is 35.5. The SMILES string of the molecule is CN1CCN(CCNC(O)N2CCC(c3cn(-c4ccc(Cl)cc4)c4cnccc34)CC2)CC1. The van der Waals surface area contributed by atoms with E-state index < -0.39 is 6.35 Å². The second-order valence-electron chi connectivity index (χ2n) is 9.61. The van der Waals surface area contributed by atoms with Gasteiger partial charge in [-0.05, 0) is 61.7 Å². The van der Waals surface area contributed by atoms with Gasteiger partial charge in [-0.25, -0.2) is 0 Å². The van der Waals surface area contributed by atoms with Crippen LogP contribution in [-0.4, -0.2) is 95.1 Å². The third-order valence-corrected chi connectivity index (χ3v) is 7.66. The first-order chi connectivity index (χ1) is 16.6. The van der Waals surface area contributed by atoms with Gasteiger partial charge in [0, 0.05) is 80.8 Å². The smallest absolute Gasteiger partial charge is 0.163 e. The summed E-state index contributed by atoms with van der Waals surface area (Å²) >= 11 is 6.10. The van der Waals surface area contributed by atoms with E-state index in [4.69, 9.17) is 11.6 Å². The summed E-state index contributed by atoms with van der Waals surface area (Å²) in [6.45, 7) is 8.03. The molecule has 0 amide bonds. The number of pyridine rings is 1. The quantitative estimate of drug-likeness (QED) is 0.505. The molecular weight excluding hydrogens is 448 g/mol. The van der Waals surface area contributed by atoms with Crippen molar-refractivity contribution in [1.29, 1.82) is 0 Å².